The number of carbonyl (C=O) groups is 1. The standard InChI is InChI=1S/C22H23NO4/c1-22(2,3)17-10-8-15(9-11-17)21(24)26-14-18-13-20(27-23-18)16-6-5-7-19(12-16)25-4/h5-13H,14H2,1-4H3. The van der Waals surface area contributed by atoms with E-state index in [0.29, 0.717) is 17.0 Å². The van der Waals surface area contributed by atoms with Crippen LogP contribution in [0.2, 0.25) is 0 Å². The second kappa shape index (κ2) is 7.66. The molecule has 0 bridgehead atoms. The monoisotopic (exact) mass is 365 g/mol. The zero-order chi connectivity index (χ0) is 19.4. The Bertz CT molecular complexity index is 920. The Morgan fingerprint density at radius 2 is 1.81 bits per heavy atom. The fourth-order valence-corrected chi connectivity index (χ4v) is 2.62. The molecule has 0 saturated heterocycles. The molecule has 5 nitrogen and oxygen atoms in total. The highest BCUT2D eigenvalue weighted by Crippen LogP contribution is 2.25. The summed E-state index contributed by atoms with van der Waals surface area (Å²) in [7, 11) is 1.61. The van der Waals surface area contributed by atoms with E-state index in [1.54, 1.807) is 25.3 Å². The fraction of sp³-hybridized carbons (Fsp3) is 0.273. The van der Waals surface area contributed by atoms with Crippen LogP contribution >= 0.6 is 0 Å². The maximum absolute atomic E-state index is 12.2. The second-order valence-corrected chi connectivity index (χ2v) is 7.32. The van der Waals surface area contributed by atoms with Crippen LogP contribution in [0.15, 0.2) is 59.1 Å². The Morgan fingerprint density at radius 3 is 2.48 bits per heavy atom. The third-order valence-electron chi connectivity index (χ3n) is 4.25. The maximum atomic E-state index is 12.2. The highest BCUT2D eigenvalue weighted by atomic mass is 16.5. The average Bonchev–Trinajstić information content (AvgIpc) is 3.14. The molecule has 0 atom stereocenters. The number of hydrogen-bond donors (Lipinski definition) is 0. The lowest BCUT2D eigenvalue weighted by Gasteiger charge is -2.18. The predicted molar refractivity (Wildman–Crippen MR) is 103 cm³/mol. The molecule has 0 aliphatic rings. The van der Waals surface area contributed by atoms with Crippen LogP contribution in [-0.4, -0.2) is 18.2 Å². The van der Waals surface area contributed by atoms with Crippen LogP contribution in [0.25, 0.3) is 11.3 Å². The number of rotatable bonds is 5. The van der Waals surface area contributed by atoms with Crippen molar-refractivity contribution < 1.29 is 18.8 Å². The lowest BCUT2D eigenvalue weighted by atomic mass is 9.87. The molecule has 0 unspecified atom stereocenters. The SMILES string of the molecule is COc1cccc(-c2cc(COC(=O)c3ccc(C(C)(C)C)cc3)no2)c1. The van der Waals surface area contributed by atoms with Gasteiger partial charge in [0.15, 0.2) is 5.76 Å². The summed E-state index contributed by atoms with van der Waals surface area (Å²) in [6.07, 6.45) is 0. The van der Waals surface area contributed by atoms with Crippen molar-refractivity contribution in [3.05, 3.63) is 71.4 Å². The summed E-state index contributed by atoms with van der Waals surface area (Å²) in [5, 5.41) is 3.97. The van der Waals surface area contributed by atoms with Crippen molar-refractivity contribution in [3.8, 4) is 17.1 Å². The number of hydrogen-bond acceptors (Lipinski definition) is 5. The molecule has 0 fully saturated rings. The Labute approximate surface area is 158 Å². The summed E-state index contributed by atoms with van der Waals surface area (Å²) in [6.45, 7) is 6.44. The Balaban J connectivity index is 1.63. The van der Waals surface area contributed by atoms with E-state index in [9.17, 15) is 4.79 Å². The topological polar surface area (TPSA) is 61.6 Å². The Hall–Kier alpha value is -3.08. The molecule has 2 aromatic carbocycles. The van der Waals surface area contributed by atoms with Crippen LogP contribution in [0.5, 0.6) is 5.75 Å². The third kappa shape index (κ3) is 4.56. The number of aromatic nitrogens is 1. The fourth-order valence-electron chi connectivity index (χ4n) is 2.62. The molecule has 3 rings (SSSR count). The van der Waals surface area contributed by atoms with Gasteiger partial charge < -0.3 is 14.0 Å². The van der Waals surface area contributed by atoms with Crippen LogP contribution in [0.4, 0.5) is 0 Å². The molecule has 0 radical (unpaired) electrons. The molecule has 0 aliphatic heterocycles. The number of carbonyl (C=O) groups excluding carboxylic acids is 1. The number of benzene rings is 2. The smallest absolute Gasteiger partial charge is 0.338 e. The van der Waals surface area contributed by atoms with Gasteiger partial charge in [0.05, 0.1) is 12.7 Å². The molecule has 5 heteroatoms. The van der Waals surface area contributed by atoms with Crippen molar-refractivity contribution >= 4 is 5.97 Å². The van der Waals surface area contributed by atoms with Crippen LogP contribution in [0.3, 0.4) is 0 Å². The summed E-state index contributed by atoms with van der Waals surface area (Å²) in [5.41, 5.74) is 3.11. The summed E-state index contributed by atoms with van der Waals surface area (Å²) in [4.78, 5) is 12.2. The van der Waals surface area contributed by atoms with Gasteiger partial charge in [-0.15, -0.1) is 0 Å². The highest BCUT2D eigenvalue weighted by molar-refractivity contribution is 5.89. The van der Waals surface area contributed by atoms with Crippen molar-refractivity contribution in [1.82, 2.24) is 5.16 Å². The van der Waals surface area contributed by atoms with Gasteiger partial charge in [0.25, 0.3) is 0 Å². The van der Waals surface area contributed by atoms with E-state index in [2.05, 4.69) is 25.9 Å². The lowest BCUT2D eigenvalue weighted by Crippen LogP contribution is -2.12. The van der Waals surface area contributed by atoms with Gasteiger partial charge in [-0.1, -0.05) is 50.2 Å². The molecule has 1 heterocycles. The Kier molecular flexibility index (Phi) is 5.31. The highest BCUT2D eigenvalue weighted by Gasteiger charge is 2.15. The van der Waals surface area contributed by atoms with Crippen LogP contribution in [0.1, 0.15) is 42.4 Å². The average molecular weight is 365 g/mol. The van der Waals surface area contributed by atoms with Crippen LogP contribution < -0.4 is 4.74 Å². The number of nitrogens with zero attached hydrogens (tertiary/aromatic N) is 1. The molecule has 3 aromatic rings. The van der Waals surface area contributed by atoms with Crippen LogP contribution in [0, 0.1) is 0 Å². The minimum atomic E-state index is -0.388. The molecule has 1 aromatic heterocycles. The molecule has 0 amide bonds. The third-order valence-corrected chi connectivity index (χ3v) is 4.25. The second-order valence-electron chi connectivity index (χ2n) is 7.32. The van der Waals surface area contributed by atoms with E-state index >= 15 is 0 Å². The van der Waals surface area contributed by atoms with Crippen molar-refractivity contribution in [2.75, 3.05) is 7.11 Å². The van der Waals surface area contributed by atoms with Crippen molar-refractivity contribution in [2.45, 2.75) is 32.8 Å². The van der Waals surface area contributed by atoms with Crippen LogP contribution in [-0.2, 0) is 16.8 Å². The van der Waals surface area contributed by atoms with Gasteiger partial charge >= 0.3 is 5.97 Å². The molecule has 140 valence electrons. The Morgan fingerprint density at radius 1 is 1.07 bits per heavy atom. The van der Waals surface area contributed by atoms with E-state index in [1.165, 1.54) is 5.56 Å². The van der Waals surface area contributed by atoms with E-state index in [1.807, 2.05) is 36.4 Å². The lowest BCUT2D eigenvalue weighted by molar-refractivity contribution is 0.0464. The summed E-state index contributed by atoms with van der Waals surface area (Å²) < 4.78 is 15.9. The van der Waals surface area contributed by atoms with Crippen molar-refractivity contribution in [3.63, 3.8) is 0 Å². The molecule has 0 N–H and O–H groups in total. The van der Waals surface area contributed by atoms with Gasteiger partial charge in [-0.3, -0.25) is 0 Å². The summed E-state index contributed by atoms with van der Waals surface area (Å²) in [5.74, 6) is 0.937. The van der Waals surface area contributed by atoms with Gasteiger partial charge in [-0.2, -0.15) is 0 Å². The van der Waals surface area contributed by atoms with Gasteiger partial charge in [0.1, 0.15) is 18.1 Å². The van der Waals surface area contributed by atoms with Gasteiger partial charge in [0.2, 0.25) is 0 Å². The molecular formula is C22H23NO4. The predicted octanol–water partition coefficient (Wildman–Crippen LogP) is 5.00. The van der Waals surface area contributed by atoms with E-state index in [4.69, 9.17) is 14.0 Å². The molecule has 27 heavy (non-hydrogen) atoms. The van der Waals surface area contributed by atoms with Gasteiger partial charge in [0, 0.05) is 11.6 Å². The maximum Gasteiger partial charge on any atom is 0.338 e. The van der Waals surface area contributed by atoms with E-state index in [-0.39, 0.29) is 18.0 Å². The first-order valence-electron chi connectivity index (χ1n) is 8.74. The van der Waals surface area contributed by atoms with E-state index in [0.717, 1.165) is 11.3 Å². The minimum Gasteiger partial charge on any atom is -0.497 e. The zero-order valence-corrected chi connectivity index (χ0v) is 16.0. The van der Waals surface area contributed by atoms with Gasteiger partial charge in [-0.25, -0.2) is 4.79 Å². The first-order chi connectivity index (χ1) is 12.9. The first kappa shape index (κ1) is 18.7. The summed E-state index contributed by atoms with van der Waals surface area (Å²) >= 11 is 0. The largest absolute Gasteiger partial charge is 0.497 e. The molecule has 0 saturated carbocycles. The van der Waals surface area contributed by atoms with Crippen molar-refractivity contribution in [2.24, 2.45) is 0 Å². The molecule has 0 spiro atoms. The number of methoxy groups -OCH3 is 1. The normalized spacial score (nSPS) is 11.3. The van der Waals surface area contributed by atoms with Gasteiger partial charge in [-0.05, 0) is 35.2 Å². The van der Waals surface area contributed by atoms with Crippen molar-refractivity contribution in [1.29, 1.82) is 0 Å². The number of esters is 1. The minimum absolute atomic E-state index is 0.0413. The van der Waals surface area contributed by atoms with E-state index < -0.39 is 0 Å². The number of ether oxygens (including phenoxy) is 2. The molecule has 0 aliphatic carbocycles. The quantitative estimate of drug-likeness (QED) is 0.595. The first-order valence-corrected chi connectivity index (χ1v) is 8.74. The zero-order valence-electron chi connectivity index (χ0n) is 16.0. The molecular weight excluding hydrogens is 342 g/mol. The summed E-state index contributed by atoms with van der Waals surface area (Å²) in [6, 6.07) is 16.7.